The minimum atomic E-state index is -0.451. The minimum Gasteiger partial charge on any atom is -0.494 e. The van der Waals surface area contributed by atoms with Crippen molar-refractivity contribution in [3.63, 3.8) is 0 Å². The van der Waals surface area contributed by atoms with E-state index in [0.29, 0.717) is 24.5 Å². The fourth-order valence-corrected chi connectivity index (χ4v) is 3.03. The molecule has 0 bridgehead atoms. The molecule has 0 amide bonds. The number of nitrogens with zero attached hydrogens (tertiary/aromatic N) is 1. The highest BCUT2D eigenvalue weighted by atomic mass is 16.7. The highest BCUT2D eigenvalue weighted by molar-refractivity contribution is 6.31. The summed E-state index contributed by atoms with van der Waals surface area (Å²) in [6, 6.07) is 15.2. The van der Waals surface area contributed by atoms with Crippen LogP contribution >= 0.6 is 0 Å². The van der Waals surface area contributed by atoms with Crippen LogP contribution in [0.3, 0.4) is 0 Å². The molecule has 5 heteroatoms. The zero-order valence-electron chi connectivity index (χ0n) is 17.7. The third kappa shape index (κ3) is 5.96. The van der Waals surface area contributed by atoms with Crippen molar-refractivity contribution in [1.82, 2.24) is 0 Å². The molecule has 0 radical (unpaired) electrons. The Hall–Kier alpha value is -3.08. The Morgan fingerprint density at radius 1 is 0.833 bits per heavy atom. The first-order valence-electron chi connectivity index (χ1n) is 10.7. The number of carbonyl (C=O) groups excluding carboxylic acids is 1. The Labute approximate surface area is 178 Å². The predicted molar refractivity (Wildman–Crippen MR) is 119 cm³/mol. The van der Waals surface area contributed by atoms with Crippen LogP contribution in [0.15, 0.2) is 59.3 Å². The minimum absolute atomic E-state index is 0.436. The van der Waals surface area contributed by atoms with E-state index in [1.54, 1.807) is 6.08 Å². The largest absolute Gasteiger partial charge is 0.494 e. The molecule has 158 valence electrons. The smallest absolute Gasteiger partial charge is 0.368 e. The molecule has 0 saturated carbocycles. The first-order valence-corrected chi connectivity index (χ1v) is 10.7. The summed E-state index contributed by atoms with van der Waals surface area (Å²) in [6.07, 6.45) is 7.29. The Morgan fingerprint density at radius 2 is 1.43 bits per heavy atom. The average Bonchev–Trinajstić information content (AvgIpc) is 3.13. The van der Waals surface area contributed by atoms with Crippen LogP contribution in [0.5, 0.6) is 11.5 Å². The van der Waals surface area contributed by atoms with E-state index >= 15 is 0 Å². The number of hydrogen-bond donors (Lipinski definition) is 0. The standard InChI is InChI=1S/C25H29NO4/c1-3-5-7-17-29-22-14-10-20(11-15-22)24-23(25(27)30-26-24)18-19-8-12-21(13-9-19)28-16-6-4-2/h8-15,18H,3-7,16-17H2,1-2H3/b23-18-. The SMILES string of the molecule is CCCCCOc1ccc(C2=NOC(=O)/C2=C\c2ccc(OCCCC)cc2)cc1. The summed E-state index contributed by atoms with van der Waals surface area (Å²) < 4.78 is 11.4. The van der Waals surface area contributed by atoms with Crippen LogP contribution in [0.1, 0.15) is 57.1 Å². The van der Waals surface area contributed by atoms with Crippen LogP contribution in [0, 0.1) is 0 Å². The number of hydrogen-bond acceptors (Lipinski definition) is 5. The van der Waals surface area contributed by atoms with Gasteiger partial charge in [0.25, 0.3) is 0 Å². The van der Waals surface area contributed by atoms with Gasteiger partial charge in [-0.25, -0.2) is 4.79 Å². The number of oxime groups is 1. The molecule has 0 saturated heterocycles. The van der Waals surface area contributed by atoms with Gasteiger partial charge in [0.2, 0.25) is 0 Å². The van der Waals surface area contributed by atoms with E-state index in [2.05, 4.69) is 19.0 Å². The van der Waals surface area contributed by atoms with Crippen molar-refractivity contribution in [3.8, 4) is 11.5 Å². The number of rotatable bonds is 11. The van der Waals surface area contributed by atoms with E-state index in [1.807, 2.05) is 48.5 Å². The van der Waals surface area contributed by atoms with Gasteiger partial charge in [0, 0.05) is 5.56 Å². The number of unbranched alkanes of at least 4 members (excludes halogenated alkanes) is 3. The van der Waals surface area contributed by atoms with Crippen molar-refractivity contribution >= 4 is 17.8 Å². The summed E-state index contributed by atoms with van der Waals surface area (Å²) in [5.41, 5.74) is 2.66. The molecule has 0 fully saturated rings. The van der Waals surface area contributed by atoms with Crippen molar-refractivity contribution in [3.05, 3.63) is 65.2 Å². The zero-order valence-corrected chi connectivity index (χ0v) is 17.7. The van der Waals surface area contributed by atoms with Gasteiger partial charge in [-0.05, 0) is 60.9 Å². The molecule has 2 aromatic rings. The second kappa shape index (κ2) is 11.2. The third-order valence-electron chi connectivity index (χ3n) is 4.80. The summed E-state index contributed by atoms with van der Waals surface area (Å²) >= 11 is 0. The first kappa shape index (κ1) is 21.6. The lowest BCUT2D eigenvalue weighted by atomic mass is 10.0. The molecule has 1 aliphatic heterocycles. The van der Waals surface area contributed by atoms with Crippen molar-refractivity contribution in [1.29, 1.82) is 0 Å². The molecule has 30 heavy (non-hydrogen) atoms. The van der Waals surface area contributed by atoms with Gasteiger partial charge in [0.05, 0.1) is 18.8 Å². The molecule has 3 rings (SSSR count). The fraction of sp³-hybridized carbons (Fsp3) is 0.360. The van der Waals surface area contributed by atoms with E-state index in [1.165, 1.54) is 6.42 Å². The summed E-state index contributed by atoms with van der Waals surface area (Å²) in [6.45, 7) is 5.71. The maximum absolute atomic E-state index is 12.2. The van der Waals surface area contributed by atoms with Crippen LogP contribution in [0.2, 0.25) is 0 Å². The molecule has 2 aromatic carbocycles. The van der Waals surface area contributed by atoms with Crippen molar-refractivity contribution in [2.24, 2.45) is 5.16 Å². The number of carbonyl (C=O) groups is 1. The average molecular weight is 408 g/mol. The number of benzene rings is 2. The lowest BCUT2D eigenvalue weighted by Crippen LogP contribution is -2.07. The highest BCUT2D eigenvalue weighted by Crippen LogP contribution is 2.23. The van der Waals surface area contributed by atoms with E-state index in [0.717, 1.165) is 48.3 Å². The normalized spacial score (nSPS) is 14.5. The molecule has 0 unspecified atom stereocenters. The highest BCUT2D eigenvalue weighted by Gasteiger charge is 2.26. The Balaban J connectivity index is 1.68. The molecule has 0 spiro atoms. The van der Waals surface area contributed by atoms with Gasteiger partial charge >= 0.3 is 5.97 Å². The second-order valence-corrected chi connectivity index (χ2v) is 7.23. The van der Waals surface area contributed by atoms with Gasteiger partial charge in [-0.2, -0.15) is 0 Å². The number of ether oxygens (including phenoxy) is 2. The van der Waals surface area contributed by atoms with Crippen LogP contribution in [0.25, 0.3) is 6.08 Å². The van der Waals surface area contributed by atoms with Crippen LogP contribution < -0.4 is 9.47 Å². The van der Waals surface area contributed by atoms with Crippen molar-refractivity contribution in [2.45, 2.75) is 46.0 Å². The Kier molecular flexibility index (Phi) is 8.07. The lowest BCUT2D eigenvalue weighted by molar-refractivity contribution is -0.136. The Bertz CT molecular complexity index is 882. The fourth-order valence-electron chi connectivity index (χ4n) is 3.03. The van der Waals surface area contributed by atoms with E-state index in [-0.39, 0.29) is 0 Å². The van der Waals surface area contributed by atoms with Gasteiger partial charge in [0.15, 0.2) is 0 Å². The van der Waals surface area contributed by atoms with Crippen LogP contribution in [-0.4, -0.2) is 24.9 Å². The van der Waals surface area contributed by atoms with Gasteiger partial charge < -0.3 is 14.3 Å². The van der Waals surface area contributed by atoms with E-state index in [9.17, 15) is 4.79 Å². The van der Waals surface area contributed by atoms with Gasteiger partial charge in [-0.1, -0.05) is 50.4 Å². The summed E-state index contributed by atoms with van der Waals surface area (Å²) in [5, 5.41) is 3.98. The quantitative estimate of drug-likeness (QED) is 0.269. The Morgan fingerprint density at radius 3 is 2.07 bits per heavy atom. The summed E-state index contributed by atoms with van der Waals surface area (Å²) in [5.74, 6) is 1.18. The third-order valence-corrected chi connectivity index (χ3v) is 4.80. The molecule has 1 heterocycles. The molecule has 5 nitrogen and oxygen atoms in total. The van der Waals surface area contributed by atoms with Crippen molar-refractivity contribution in [2.75, 3.05) is 13.2 Å². The topological polar surface area (TPSA) is 57.1 Å². The van der Waals surface area contributed by atoms with Gasteiger partial charge in [0.1, 0.15) is 17.2 Å². The van der Waals surface area contributed by atoms with E-state index < -0.39 is 5.97 Å². The molecule has 1 aliphatic rings. The van der Waals surface area contributed by atoms with Crippen molar-refractivity contribution < 1.29 is 19.1 Å². The molecular weight excluding hydrogens is 378 g/mol. The van der Waals surface area contributed by atoms with Crippen LogP contribution in [0.4, 0.5) is 0 Å². The molecule has 0 atom stereocenters. The van der Waals surface area contributed by atoms with Crippen LogP contribution in [-0.2, 0) is 9.63 Å². The summed E-state index contributed by atoms with van der Waals surface area (Å²) in [4.78, 5) is 17.2. The maximum atomic E-state index is 12.2. The molecular formula is C25H29NO4. The van der Waals surface area contributed by atoms with Gasteiger partial charge in [-0.15, -0.1) is 0 Å². The second-order valence-electron chi connectivity index (χ2n) is 7.23. The predicted octanol–water partition coefficient (Wildman–Crippen LogP) is 5.78. The lowest BCUT2D eigenvalue weighted by Gasteiger charge is -2.07. The first-order chi connectivity index (χ1) is 14.7. The zero-order chi connectivity index (χ0) is 21.2. The molecule has 0 aromatic heterocycles. The van der Waals surface area contributed by atoms with Gasteiger partial charge in [-0.3, -0.25) is 0 Å². The molecule has 0 N–H and O–H groups in total. The monoisotopic (exact) mass is 407 g/mol. The molecule has 0 aliphatic carbocycles. The summed E-state index contributed by atoms with van der Waals surface area (Å²) in [7, 11) is 0. The van der Waals surface area contributed by atoms with E-state index in [4.69, 9.17) is 14.3 Å². The maximum Gasteiger partial charge on any atom is 0.368 e.